The van der Waals surface area contributed by atoms with Crippen LogP contribution >= 0.6 is 0 Å². The minimum Gasteiger partial charge on any atom is -0.549 e. The second kappa shape index (κ2) is 8.31. The summed E-state index contributed by atoms with van der Waals surface area (Å²) in [6.07, 6.45) is 0.749. The fourth-order valence-corrected chi connectivity index (χ4v) is 2.56. The highest BCUT2D eigenvalue weighted by atomic mass is 16.6. The SMILES string of the molecule is CC(C(=O)[O-])c1ccc(-c2nn(C(C)C)c(NC(=O)OC(C)(C)C)c2C#N)cn1. The number of aliphatic carboxylic acids is 1. The van der Waals surface area contributed by atoms with Gasteiger partial charge in [0.05, 0.1) is 5.97 Å². The number of nitrogens with zero attached hydrogens (tertiary/aromatic N) is 4. The molecule has 1 N–H and O–H groups in total. The van der Waals surface area contributed by atoms with E-state index in [9.17, 15) is 20.0 Å². The number of rotatable bonds is 5. The fraction of sp³-hybridized carbons (Fsp3) is 0.450. The van der Waals surface area contributed by atoms with E-state index in [0.29, 0.717) is 17.0 Å². The molecule has 0 fully saturated rings. The number of nitrogens with one attached hydrogen (secondary N) is 1. The van der Waals surface area contributed by atoms with Crippen molar-refractivity contribution in [1.29, 1.82) is 5.26 Å². The third-order valence-corrected chi connectivity index (χ3v) is 3.99. The molecule has 2 rings (SSSR count). The molecule has 9 heteroatoms. The Hall–Kier alpha value is -3.41. The number of hydrogen-bond acceptors (Lipinski definition) is 7. The molecule has 1 atom stereocenters. The standard InChI is InChI=1S/C20H25N5O4/c1-11(2)25-17(23-19(28)29-20(4,5)6)14(9-21)16(24-25)13-7-8-15(22-10-13)12(3)18(26)27/h7-8,10-12H,1-6H3,(H,23,28)(H,26,27)/p-1. The maximum Gasteiger partial charge on any atom is 0.413 e. The summed E-state index contributed by atoms with van der Waals surface area (Å²) in [5.41, 5.74) is 0.641. The van der Waals surface area contributed by atoms with E-state index in [1.807, 2.05) is 13.8 Å². The zero-order valence-corrected chi connectivity index (χ0v) is 17.3. The van der Waals surface area contributed by atoms with E-state index in [4.69, 9.17) is 4.74 Å². The van der Waals surface area contributed by atoms with Gasteiger partial charge in [0, 0.05) is 29.4 Å². The van der Waals surface area contributed by atoms with Gasteiger partial charge >= 0.3 is 6.09 Å². The van der Waals surface area contributed by atoms with Crippen molar-refractivity contribution in [3.05, 3.63) is 29.6 Å². The van der Waals surface area contributed by atoms with E-state index >= 15 is 0 Å². The third kappa shape index (κ3) is 5.10. The Balaban J connectivity index is 2.47. The molecule has 0 saturated carbocycles. The molecule has 2 aromatic heterocycles. The van der Waals surface area contributed by atoms with Gasteiger partial charge in [0.1, 0.15) is 22.9 Å². The number of ether oxygens (including phenoxy) is 1. The Morgan fingerprint density at radius 1 is 1.28 bits per heavy atom. The van der Waals surface area contributed by atoms with Gasteiger partial charge in [-0.1, -0.05) is 6.92 Å². The molecule has 1 amide bonds. The molecule has 0 saturated heterocycles. The topological polar surface area (TPSA) is 133 Å². The first-order chi connectivity index (χ1) is 13.4. The zero-order valence-electron chi connectivity index (χ0n) is 17.3. The summed E-state index contributed by atoms with van der Waals surface area (Å²) in [6, 6.07) is 5.11. The van der Waals surface area contributed by atoms with E-state index in [-0.39, 0.29) is 17.4 Å². The molecule has 0 radical (unpaired) electrons. The summed E-state index contributed by atoms with van der Waals surface area (Å²) in [5.74, 6) is -1.87. The lowest BCUT2D eigenvalue weighted by molar-refractivity contribution is -0.307. The van der Waals surface area contributed by atoms with Gasteiger partial charge < -0.3 is 14.6 Å². The zero-order chi connectivity index (χ0) is 21.9. The number of carbonyl (C=O) groups is 2. The largest absolute Gasteiger partial charge is 0.549 e. The van der Waals surface area contributed by atoms with Crippen LogP contribution in [-0.4, -0.2) is 32.4 Å². The molecule has 154 valence electrons. The molecule has 29 heavy (non-hydrogen) atoms. The van der Waals surface area contributed by atoms with Crippen LogP contribution in [0.5, 0.6) is 0 Å². The highest BCUT2D eigenvalue weighted by Gasteiger charge is 2.25. The molecule has 9 nitrogen and oxygen atoms in total. The average Bonchev–Trinajstić information content (AvgIpc) is 2.97. The smallest absolute Gasteiger partial charge is 0.413 e. The number of amides is 1. The van der Waals surface area contributed by atoms with E-state index in [0.717, 1.165) is 0 Å². The first kappa shape index (κ1) is 21.9. The van der Waals surface area contributed by atoms with Crippen LogP contribution in [-0.2, 0) is 9.53 Å². The Bertz CT molecular complexity index is 949. The molecule has 0 aliphatic rings. The second-order valence-corrected chi connectivity index (χ2v) is 7.86. The Morgan fingerprint density at radius 2 is 1.93 bits per heavy atom. The summed E-state index contributed by atoms with van der Waals surface area (Å²) in [6.45, 7) is 10.4. The number of carboxylic acids is 1. The van der Waals surface area contributed by atoms with Gasteiger partial charge in [-0.2, -0.15) is 10.4 Å². The molecule has 1 unspecified atom stereocenters. The van der Waals surface area contributed by atoms with Crippen LogP contribution in [0.1, 0.15) is 64.8 Å². The van der Waals surface area contributed by atoms with Gasteiger partial charge in [-0.3, -0.25) is 10.3 Å². The van der Waals surface area contributed by atoms with Crippen molar-refractivity contribution in [2.75, 3.05) is 5.32 Å². The normalized spacial score (nSPS) is 12.3. The van der Waals surface area contributed by atoms with Gasteiger partial charge in [-0.15, -0.1) is 0 Å². The van der Waals surface area contributed by atoms with E-state index in [1.54, 1.807) is 32.9 Å². The molecule has 0 spiro atoms. The minimum absolute atomic E-state index is 0.147. The van der Waals surface area contributed by atoms with Gasteiger partial charge in [0.15, 0.2) is 5.82 Å². The summed E-state index contributed by atoms with van der Waals surface area (Å²) < 4.78 is 6.80. The summed E-state index contributed by atoms with van der Waals surface area (Å²) in [5, 5.41) is 27.8. The number of anilines is 1. The predicted molar refractivity (Wildman–Crippen MR) is 104 cm³/mol. The van der Waals surface area contributed by atoms with Crippen LogP contribution in [0.15, 0.2) is 18.3 Å². The average molecular weight is 398 g/mol. The summed E-state index contributed by atoms with van der Waals surface area (Å²) in [7, 11) is 0. The molecule has 2 heterocycles. The van der Waals surface area contributed by atoms with Crippen LogP contribution in [0.25, 0.3) is 11.3 Å². The summed E-state index contributed by atoms with van der Waals surface area (Å²) >= 11 is 0. The van der Waals surface area contributed by atoms with Crippen molar-refractivity contribution < 1.29 is 19.4 Å². The lowest BCUT2D eigenvalue weighted by Gasteiger charge is -2.20. The van der Waals surface area contributed by atoms with Crippen molar-refractivity contribution in [2.24, 2.45) is 0 Å². The van der Waals surface area contributed by atoms with E-state index < -0.39 is 23.6 Å². The molecular formula is C20H24N5O4-. The highest BCUT2D eigenvalue weighted by molar-refractivity contribution is 5.88. The number of pyridine rings is 1. The third-order valence-electron chi connectivity index (χ3n) is 3.99. The van der Waals surface area contributed by atoms with Crippen LogP contribution in [0.2, 0.25) is 0 Å². The minimum atomic E-state index is -1.23. The van der Waals surface area contributed by atoms with Crippen molar-refractivity contribution in [3.8, 4) is 17.3 Å². The van der Waals surface area contributed by atoms with Gasteiger partial charge in [0.2, 0.25) is 0 Å². The van der Waals surface area contributed by atoms with Crippen LogP contribution < -0.4 is 10.4 Å². The Labute approximate surface area is 169 Å². The first-order valence-corrected chi connectivity index (χ1v) is 9.14. The van der Waals surface area contributed by atoms with Crippen LogP contribution in [0.4, 0.5) is 10.6 Å². The van der Waals surface area contributed by atoms with Crippen molar-refractivity contribution >= 4 is 17.9 Å². The van der Waals surface area contributed by atoms with Gasteiger partial charge in [-0.25, -0.2) is 9.48 Å². The molecule has 0 bridgehead atoms. The van der Waals surface area contributed by atoms with Crippen molar-refractivity contribution in [3.63, 3.8) is 0 Å². The maximum absolute atomic E-state index is 12.2. The summed E-state index contributed by atoms with van der Waals surface area (Å²) in [4.78, 5) is 27.4. The van der Waals surface area contributed by atoms with E-state index in [2.05, 4.69) is 21.5 Å². The monoisotopic (exact) mass is 398 g/mol. The molecule has 0 aromatic carbocycles. The molecule has 0 aliphatic heterocycles. The van der Waals surface area contributed by atoms with Crippen molar-refractivity contribution in [2.45, 2.75) is 59.1 Å². The van der Waals surface area contributed by atoms with Gasteiger partial charge in [-0.05, 0) is 46.8 Å². The van der Waals surface area contributed by atoms with Gasteiger partial charge in [0.25, 0.3) is 0 Å². The molecular weight excluding hydrogens is 374 g/mol. The lowest BCUT2D eigenvalue weighted by Crippen LogP contribution is -2.28. The number of carboxylic acid groups (broad SMARTS) is 1. The van der Waals surface area contributed by atoms with Crippen LogP contribution in [0.3, 0.4) is 0 Å². The maximum atomic E-state index is 12.2. The number of nitriles is 1. The molecule has 0 aliphatic carbocycles. The number of carbonyl (C=O) groups excluding carboxylic acids is 2. The Kier molecular flexibility index (Phi) is 6.27. The number of hydrogen-bond donors (Lipinski definition) is 1. The molecule has 2 aromatic rings. The van der Waals surface area contributed by atoms with E-state index in [1.165, 1.54) is 17.8 Å². The predicted octanol–water partition coefficient (Wildman–Crippen LogP) is 2.60. The quantitative estimate of drug-likeness (QED) is 0.818. The second-order valence-electron chi connectivity index (χ2n) is 7.86. The fourth-order valence-electron chi connectivity index (χ4n) is 2.56. The van der Waals surface area contributed by atoms with Crippen molar-refractivity contribution in [1.82, 2.24) is 14.8 Å². The lowest BCUT2D eigenvalue weighted by atomic mass is 10.1. The van der Waals surface area contributed by atoms with Crippen LogP contribution in [0, 0.1) is 11.3 Å². The Morgan fingerprint density at radius 3 is 2.38 bits per heavy atom. The highest BCUT2D eigenvalue weighted by Crippen LogP contribution is 2.31. The first-order valence-electron chi connectivity index (χ1n) is 9.14. The number of aromatic nitrogens is 3.